The molecule has 0 aromatic carbocycles. The molecule has 1 fully saturated rings. The van der Waals surface area contributed by atoms with Gasteiger partial charge in [0.1, 0.15) is 6.04 Å². The molecule has 0 spiro atoms. The van der Waals surface area contributed by atoms with Gasteiger partial charge in [0.2, 0.25) is 5.91 Å². The number of hydrogen-bond acceptors (Lipinski definition) is 4. The van der Waals surface area contributed by atoms with Crippen LogP contribution in [0.25, 0.3) is 0 Å². The average Bonchev–Trinajstić information content (AvgIpc) is 2.79. The van der Waals surface area contributed by atoms with E-state index in [0.717, 1.165) is 5.69 Å². The van der Waals surface area contributed by atoms with Crippen molar-refractivity contribution in [2.75, 3.05) is 6.54 Å². The van der Waals surface area contributed by atoms with Crippen LogP contribution in [0.4, 0.5) is 0 Å². The zero-order valence-corrected chi connectivity index (χ0v) is 10.4. The summed E-state index contributed by atoms with van der Waals surface area (Å²) in [4.78, 5) is 28.4. The van der Waals surface area contributed by atoms with Crippen molar-refractivity contribution < 1.29 is 19.8 Å². The molecular weight excluding hydrogens is 248 g/mol. The van der Waals surface area contributed by atoms with Gasteiger partial charge in [0.15, 0.2) is 0 Å². The third-order valence-electron chi connectivity index (χ3n) is 3.21. The molecule has 1 amide bonds. The number of aliphatic carboxylic acids is 1. The fourth-order valence-electron chi connectivity index (χ4n) is 2.25. The molecule has 0 bridgehead atoms. The van der Waals surface area contributed by atoms with Crippen molar-refractivity contribution in [2.45, 2.75) is 31.4 Å². The van der Waals surface area contributed by atoms with Crippen LogP contribution in [0.15, 0.2) is 24.4 Å². The number of aliphatic hydroxyl groups is 1. The summed E-state index contributed by atoms with van der Waals surface area (Å²) in [6, 6.07) is 4.54. The molecule has 1 unspecified atom stereocenters. The maximum Gasteiger partial charge on any atom is 0.326 e. The van der Waals surface area contributed by atoms with E-state index in [-0.39, 0.29) is 25.3 Å². The quantitative estimate of drug-likeness (QED) is 0.802. The molecule has 6 heteroatoms. The summed E-state index contributed by atoms with van der Waals surface area (Å²) in [6.45, 7) is 0.0953. The van der Waals surface area contributed by atoms with Gasteiger partial charge in [-0.1, -0.05) is 6.07 Å². The molecule has 2 N–H and O–H groups in total. The lowest BCUT2D eigenvalue weighted by atomic mass is 10.2. The number of likely N-dealkylation sites (tertiary alicyclic amines) is 1. The number of amides is 1. The lowest BCUT2D eigenvalue weighted by molar-refractivity contribution is -0.148. The highest BCUT2D eigenvalue weighted by molar-refractivity contribution is 5.84. The number of carboxylic acid groups (broad SMARTS) is 1. The van der Waals surface area contributed by atoms with E-state index >= 15 is 0 Å². The van der Waals surface area contributed by atoms with Crippen LogP contribution in [0.2, 0.25) is 0 Å². The summed E-state index contributed by atoms with van der Waals surface area (Å²) in [5.74, 6) is -1.32. The number of rotatable bonds is 4. The molecule has 0 saturated carbocycles. The number of carbonyl (C=O) groups excluding carboxylic acids is 1. The fourth-order valence-corrected chi connectivity index (χ4v) is 2.25. The Kier molecular flexibility index (Phi) is 4.11. The van der Waals surface area contributed by atoms with Gasteiger partial charge in [0, 0.05) is 31.3 Å². The third kappa shape index (κ3) is 3.29. The standard InChI is InChI=1S/C13H16N2O4/c16-10-7-11(13(18)19)15(8-10)12(17)5-4-9-3-1-2-6-14-9/h1-3,6,10-11,16H,4-5,7-8H2,(H,18,19)/t10?,11-/m0/s1. The number of hydrogen-bond donors (Lipinski definition) is 2. The highest BCUT2D eigenvalue weighted by Gasteiger charge is 2.38. The van der Waals surface area contributed by atoms with Crippen LogP contribution in [-0.2, 0) is 16.0 Å². The van der Waals surface area contributed by atoms with Gasteiger partial charge in [-0.3, -0.25) is 9.78 Å². The first kappa shape index (κ1) is 13.5. The minimum absolute atomic E-state index is 0.0953. The number of β-amino-alcohol motifs (C(OH)–C–C–N with tert-alkyl or cyclic N) is 1. The first-order valence-electron chi connectivity index (χ1n) is 6.18. The number of aliphatic hydroxyl groups excluding tert-OH is 1. The Balaban J connectivity index is 1.94. The van der Waals surface area contributed by atoms with Gasteiger partial charge in [-0.05, 0) is 18.6 Å². The van der Waals surface area contributed by atoms with E-state index in [2.05, 4.69) is 4.98 Å². The Morgan fingerprint density at radius 2 is 2.21 bits per heavy atom. The van der Waals surface area contributed by atoms with E-state index in [4.69, 9.17) is 5.11 Å². The Labute approximate surface area is 110 Å². The second-order valence-corrected chi connectivity index (χ2v) is 4.61. The van der Waals surface area contributed by atoms with E-state index in [1.165, 1.54) is 4.90 Å². The van der Waals surface area contributed by atoms with Crippen LogP contribution in [-0.4, -0.2) is 50.7 Å². The first-order chi connectivity index (χ1) is 9.08. The normalized spacial score (nSPS) is 22.5. The molecule has 1 aliphatic heterocycles. The summed E-state index contributed by atoms with van der Waals surface area (Å²) >= 11 is 0. The van der Waals surface area contributed by atoms with E-state index in [0.29, 0.717) is 6.42 Å². The van der Waals surface area contributed by atoms with E-state index < -0.39 is 18.1 Å². The van der Waals surface area contributed by atoms with Crippen molar-refractivity contribution in [3.8, 4) is 0 Å². The summed E-state index contributed by atoms with van der Waals surface area (Å²) in [6.07, 6.45) is 1.68. The fraction of sp³-hybridized carbons (Fsp3) is 0.462. The lowest BCUT2D eigenvalue weighted by Crippen LogP contribution is -2.40. The summed E-state index contributed by atoms with van der Waals surface area (Å²) in [5, 5.41) is 18.5. The molecule has 19 heavy (non-hydrogen) atoms. The molecule has 102 valence electrons. The number of nitrogens with zero attached hydrogens (tertiary/aromatic N) is 2. The maximum absolute atomic E-state index is 12.0. The first-order valence-corrected chi connectivity index (χ1v) is 6.18. The van der Waals surface area contributed by atoms with Gasteiger partial charge in [-0.25, -0.2) is 4.79 Å². The zero-order chi connectivity index (χ0) is 13.8. The Hall–Kier alpha value is -1.95. The monoisotopic (exact) mass is 264 g/mol. The molecule has 1 aromatic heterocycles. The smallest absolute Gasteiger partial charge is 0.326 e. The minimum atomic E-state index is -1.07. The molecule has 0 radical (unpaired) electrons. The molecule has 2 heterocycles. The van der Waals surface area contributed by atoms with E-state index in [1.807, 2.05) is 12.1 Å². The van der Waals surface area contributed by atoms with Crippen molar-refractivity contribution in [1.29, 1.82) is 0 Å². The second kappa shape index (κ2) is 5.79. The SMILES string of the molecule is O=C(O)[C@@H]1CC(O)CN1C(=O)CCc1ccccn1. The van der Waals surface area contributed by atoms with E-state index in [9.17, 15) is 14.7 Å². The minimum Gasteiger partial charge on any atom is -0.480 e. The largest absolute Gasteiger partial charge is 0.480 e. The average molecular weight is 264 g/mol. The van der Waals surface area contributed by atoms with Crippen LogP contribution < -0.4 is 0 Å². The van der Waals surface area contributed by atoms with Crippen molar-refractivity contribution >= 4 is 11.9 Å². The van der Waals surface area contributed by atoms with Crippen molar-refractivity contribution in [3.05, 3.63) is 30.1 Å². The van der Waals surface area contributed by atoms with Gasteiger partial charge >= 0.3 is 5.97 Å². The summed E-state index contributed by atoms with van der Waals surface area (Å²) < 4.78 is 0. The second-order valence-electron chi connectivity index (χ2n) is 4.61. The van der Waals surface area contributed by atoms with Gasteiger partial charge in [-0.15, -0.1) is 0 Å². The van der Waals surface area contributed by atoms with Gasteiger partial charge in [0.05, 0.1) is 6.10 Å². The van der Waals surface area contributed by atoms with Gasteiger partial charge in [0.25, 0.3) is 0 Å². The Morgan fingerprint density at radius 1 is 1.42 bits per heavy atom. The Morgan fingerprint density at radius 3 is 2.84 bits per heavy atom. The van der Waals surface area contributed by atoms with Gasteiger partial charge < -0.3 is 15.1 Å². The van der Waals surface area contributed by atoms with Crippen LogP contribution in [0.1, 0.15) is 18.5 Å². The number of carbonyl (C=O) groups is 2. The molecule has 1 aromatic rings. The lowest BCUT2D eigenvalue weighted by Gasteiger charge is -2.20. The summed E-state index contributed by atoms with van der Waals surface area (Å²) in [5.41, 5.74) is 0.794. The number of pyridine rings is 1. The zero-order valence-electron chi connectivity index (χ0n) is 10.4. The molecule has 2 rings (SSSR count). The highest BCUT2D eigenvalue weighted by atomic mass is 16.4. The predicted octanol–water partition coefficient (Wildman–Crippen LogP) is 0.0606. The van der Waals surface area contributed by atoms with Crippen LogP contribution in [0, 0.1) is 0 Å². The van der Waals surface area contributed by atoms with Crippen LogP contribution in [0.5, 0.6) is 0 Å². The van der Waals surface area contributed by atoms with Crippen molar-refractivity contribution in [1.82, 2.24) is 9.88 Å². The topological polar surface area (TPSA) is 90.7 Å². The molecular formula is C13H16N2O4. The van der Waals surface area contributed by atoms with E-state index in [1.54, 1.807) is 12.3 Å². The number of aryl methyl sites for hydroxylation is 1. The van der Waals surface area contributed by atoms with Crippen LogP contribution >= 0.6 is 0 Å². The number of aromatic nitrogens is 1. The third-order valence-corrected chi connectivity index (χ3v) is 3.21. The van der Waals surface area contributed by atoms with Crippen LogP contribution in [0.3, 0.4) is 0 Å². The number of carboxylic acids is 1. The molecule has 0 aliphatic carbocycles. The molecule has 6 nitrogen and oxygen atoms in total. The maximum atomic E-state index is 12.0. The Bertz CT molecular complexity index is 463. The predicted molar refractivity (Wildman–Crippen MR) is 66.3 cm³/mol. The molecule has 2 atom stereocenters. The molecule has 1 aliphatic rings. The van der Waals surface area contributed by atoms with Crippen molar-refractivity contribution in [2.24, 2.45) is 0 Å². The summed E-state index contributed by atoms with van der Waals surface area (Å²) in [7, 11) is 0. The van der Waals surface area contributed by atoms with Gasteiger partial charge in [-0.2, -0.15) is 0 Å². The highest BCUT2D eigenvalue weighted by Crippen LogP contribution is 2.19. The van der Waals surface area contributed by atoms with Crippen molar-refractivity contribution in [3.63, 3.8) is 0 Å². The molecule has 1 saturated heterocycles.